The largest absolute Gasteiger partial charge is 0.324 e. The zero-order valence-electron chi connectivity index (χ0n) is 16.9. The Balaban J connectivity index is 1.45. The molecule has 1 fully saturated rings. The molecule has 1 aromatic carbocycles. The number of nitrogens with zero attached hydrogens (tertiary/aromatic N) is 1. The fourth-order valence-electron chi connectivity index (χ4n) is 3.96. The summed E-state index contributed by atoms with van der Waals surface area (Å²) in [7, 11) is -2.99. The highest BCUT2D eigenvalue weighted by Gasteiger charge is 2.33. The molecule has 0 atom stereocenters. The van der Waals surface area contributed by atoms with Gasteiger partial charge in [-0.1, -0.05) is 25.0 Å². The van der Waals surface area contributed by atoms with Gasteiger partial charge in [-0.05, 0) is 88.1 Å². The fraction of sp³-hybridized carbons (Fsp3) is 0.565. The van der Waals surface area contributed by atoms with Crippen LogP contribution in [-0.4, -0.2) is 23.5 Å². The third-order valence-electron chi connectivity index (χ3n) is 6.03. The van der Waals surface area contributed by atoms with E-state index in [0.717, 1.165) is 25.2 Å². The van der Waals surface area contributed by atoms with Gasteiger partial charge >= 0.3 is 0 Å². The second kappa shape index (κ2) is 8.22. The Kier molecular flexibility index (Phi) is 6.15. The molecule has 0 N–H and O–H groups in total. The molecule has 0 amide bonds. The predicted molar refractivity (Wildman–Crippen MR) is 113 cm³/mol. The van der Waals surface area contributed by atoms with Crippen LogP contribution >= 0.6 is 0 Å². The molecule has 1 saturated carbocycles. The Hall–Kier alpha value is -1.55. The summed E-state index contributed by atoms with van der Waals surface area (Å²) >= 11 is 0. The molecular formula is C23H33NO2S. The molecule has 148 valence electrons. The van der Waals surface area contributed by atoms with Gasteiger partial charge in [0.25, 0.3) is 0 Å². The van der Waals surface area contributed by atoms with E-state index in [-0.39, 0.29) is 0 Å². The second-order valence-corrected chi connectivity index (χ2v) is 11.9. The first-order valence-electron chi connectivity index (χ1n) is 10.2. The Labute approximate surface area is 164 Å². The van der Waals surface area contributed by atoms with E-state index in [2.05, 4.69) is 41.2 Å². The Morgan fingerprint density at radius 3 is 2.04 bits per heavy atom. The Morgan fingerprint density at radius 2 is 1.48 bits per heavy atom. The van der Waals surface area contributed by atoms with Crippen molar-refractivity contribution >= 4 is 9.84 Å². The average Bonchev–Trinajstić information content (AvgIpc) is 3.15. The van der Waals surface area contributed by atoms with Crippen LogP contribution in [0.2, 0.25) is 0 Å². The Morgan fingerprint density at radius 1 is 0.926 bits per heavy atom. The minimum absolute atomic E-state index is 0.353. The highest BCUT2D eigenvalue weighted by atomic mass is 32.2. The molecule has 1 heterocycles. The quantitative estimate of drug-likeness (QED) is 0.663. The molecule has 27 heavy (non-hydrogen) atoms. The lowest BCUT2D eigenvalue weighted by molar-refractivity contribution is 0.278. The van der Waals surface area contributed by atoms with Crippen molar-refractivity contribution < 1.29 is 8.42 Å². The number of rotatable bonds is 6. The molecule has 1 aromatic heterocycles. The first-order valence-corrected chi connectivity index (χ1v) is 11.8. The lowest BCUT2D eigenvalue weighted by Gasteiger charge is -2.30. The normalized spacial score (nSPS) is 21.3. The van der Waals surface area contributed by atoms with E-state index in [1.807, 2.05) is 32.9 Å². The summed E-state index contributed by atoms with van der Waals surface area (Å²) in [6.45, 7) is 5.45. The average molecular weight is 388 g/mol. The van der Waals surface area contributed by atoms with E-state index in [1.54, 1.807) is 0 Å². The number of aromatic nitrogens is 1. The van der Waals surface area contributed by atoms with Gasteiger partial charge in [-0.3, -0.25) is 0 Å². The predicted octanol–water partition coefficient (Wildman–Crippen LogP) is 5.43. The van der Waals surface area contributed by atoms with Crippen LogP contribution in [0.15, 0.2) is 48.8 Å². The third-order valence-corrected chi connectivity index (χ3v) is 8.81. The van der Waals surface area contributed by atoms with Crippen LogP contribution < -0.4 is 0 Å². The Bertz CT molecular complexity index is 806. The van der Waals surface area contributed by atoms with Crippen LogP contribution in [0.4, 0.5) is 0 Å². The summed E-state index contributed by atoms with van der Waals surface area (Å²) in [5.41, 5.74) is 2.59. The maximum Gasteiger partial charge on any atom is 0.155 e. The van der Waals surface area contributed by atoms with Gasteiger partial charge < -0.3 is 4.57 Å². The fourth-order valence-corrected chi connectivity index (χ4v) is 5.41. The van der Waals surface area contributed by atoms with E-state index in [1.165, 1.54) is 30.5 Å². The van der Waals surface area contributed by atoms with Crippen LogP contribution in [0, 0.1) is 11.8 Å². The van der Waals surface area contributed by atoms with Crippen molar-refractivity contribution in [1.82, 2.24) is 4.57 Å². The van der Waals surface area contributed by atoms with Crippen molar-refractivity contribution in [1.29, 1.82) is 0 Å². The van der Waals surface area contributed by atoms with E-state index >= 15 is 0 Å². The van der Waals surface area contributed by atoms with Crippen LogP contribution in [0.25, 0.3) is 5.69 Å². The first kappa shape index (κ1) is 20.2. The van der Waals surface area contributed by atoms with Crippen molar-refractivity contribution in [3.8, 4) is 5.69 Å². The lowest BCUT2D eigenvalue weighted by atomic mass is 9.80. The monoisotopic (exact) mass is 387 g/mol. The minimum atomic E-state index is -2.99. The summed E-state index contributed by atoms with van der Waals surface area (Å²) in [6, 6.07) is 12.9. The molecule has 0 bridgehead atoms. The molecule has 0 aliphatic heterocycles. The van der Waals surface area contributed by atoms with Gasteiger partial charge in [0.15, 0.2) is 9.84 Å². The van der Waals surface area contributed by atoms with Crippen LogP contribution in [-0.2, 0) is 16.3 Å². The zero-order chi connectivity index (χ0) is 19.5. The summed E-state index contributed by atoms with van der Waals surface area (Å²) < 4.78 is 26.3. The number of hydrogen-bond donors (Lipinski definition) is 0. The smallest absolute Gasteiger partial charge is 0.155 e. The molecule has 0 unspecified atom stereocenters. The van der Waals surface area contributed by atoms with Gasteiger partial charge in [-0.25, -0.2) is 8.42 Å². The molecule has 0 saturated heterocycles. The molecule has 4 heteroatoms. The van der Waals surface area contributed by atoms with Crippen LogP contribution in [0.1, 0.15) is 58.4 Å². The third kappa shape index (κ3) is 5.25. The summed E-state index contributed by atoms with van der Waals surface area (Å²) in [5, 5.41) is 0. The van der Waals surface area contributed by atoms with Gasteiger partial charge in [0.1, 0.15) is 0 Å². The van der Waals surface area contributed by atoms with Crippen LogP contribution in [0.5, 0.6) is 0 Å². The molecule has 0 spiro atoms. The maximum atomic E-state index is 12.4. The van der Waals surface area contributed by atoms with Gasteiger partial charge in [0.2, 0.25) is 0 Å². The van der Waals surface area contributed by atoms with E-state index in [9.17, 15) is 8.42 Å². The second-order valence-electron chi connectivity index (χ2n) is 9.08. The maximum absolute atomic E-state index is 12.4. The van der Waals surface area contributed by atoms with Crippen molar-refractivity contribution in [2.24, 2.45) is 11.8 Å². The highest BCUT2D eigenvalue weighted by Crippen LogP contribution is 2.34. The zero-order valence-corrected chi connectivity index (χ0v) is 17.7. The first-order chi connectivity index (χ1) is 12.7. The van der Waals surface area contributed by atoms with Crippen molar-refractivity contribution in [2.75, 3.05) is 5.75 Å². The van der Waals surface area contributed by atoms with Crippen molar-refractivity contribution in [3.05, 3.63) is 54.4 Å². The topological polar surface area (TPSA) is 39.1 Å². The number of sulfone groups is 1. The van der Waals surface area contributed by atoms with E-state index in [0.29, 0.717) is 11.7 Å². The van der Waals surface area contributed by atoms with Crippen molar-refractivity contribution in [2.45, 2.75) is 64.0 Å². The van der Waals surface area contributed by atoms with Gasteiger partial charge in [-0.15, -0.1) is 0 Å². The van der Waals surface area contributed by atoms with Gasteiger partial charge in [0, 0.05) is 18.1 Å². The highest BCUT2D eigenvalue weighted by molar-refractivity contribution is 7.92. The molecule has 1 aliphatic rings. The molecular weight excluding hydrogens is 354 g/mol. The van der Waals surface area contributed by atoms with Gasteiger partial charge in [-0.2, -0.15) is 0 Å². The number of aryl methyl sites for hydroxylation is 1. The summed E-state index contributed by atoms with van der Waals surface area (Å²) in [4.78, 5) is 0. The molecule has 2 aromatic rings. The van der Waals surface area contributed by atoms with E-state index < -0.39 is 14.6 Å². The SMILES string of the molecule is CC(C)(C)S(=O)(=O)CC1CCC(CCc2ccc(-n3cccc3)cc2)CC1. The molecule has 0 radical (unpaired) electrons. The summed E-state index contributed by atoms with van der Waals surface area (Å²) in [5.74, 6) is 1.46. The minimum Gasteiger partial charge on any atom is -0.324 e. The van der Waals surface area contributed by atoms with Crippen LogP contribution in [0.3, 0.4) is 0 Å². The number of benzene rings is 1. The standard InChI is InChI=1S/C23H33NO2S/c1-23(2,3)27(25,26)18-21-10-8-19(9-11-21)6-7-20-12-14-22(15-13-20)24-16-4-5-17-24/h4-5,12-17,19,21H,6-11,18H2,1-3H3. The van der Waals surface area contributed by atoms with Gasteiger partial charge in [0.05, 0.1) is 10.5 Å². The molecule has 1 aliphatic carbocycles. The summed E-state index contributed by atoms with van der Waals surface area (Å²) in [6.07, 6.45) is 10.9. The number of hydrogen-bond acceptors (Lipinski definition) is 2. The van der Waals surface area contributed by atoms with Crippen molar-refractivity contribution in [3.63, 3.8) is 0 Å². The molecule has 3 nitrogen and oxygen atoms in total. The van der Waals surface area contributed by atoms with E-state index in [4.69, 9.17) is 0 Å². The molecule has 3 rings (SSSR count). The lowest BCUT2D eigenvalue weighted by Crippen LogP contribution is -2.34.